The van der Waals surface area contributed by atoms with Crippen LogP contribution in [0.15, 0.2) is 9.98 Å². The number of amides is 6. The van der Waals surface area contributed by atoms with Crippen LogP contribution < -0.4 is 10.6 Å². The average Bonchev–Trinajstić information content (AvgIpc) is 3.51. The smallest absolute Gasteiger partial charge is 0.325 e. The number of carbonyl (C=O) groups is 4. The van der Waals surface area contributed by atoms with Gasteiger partial charge in [-0.2, -0.15) is 0 Å². The summed E-state index contributed by atoms with van der Waals surface area (Å²) in [5.41, 5.74) is 0. The monoisotopic (exact) mass is 586 g/mol. The van der Waals surface area contributed by atoms with Crippen molar-refractivity contribution in [2.24, 2.45) is 15.9 Å². The van der Waals surface area contributed by atoms with Gasteiger partial charge in [0, 0.05) is 79.5 Å². The number of hydrogen-bond acceptors (Lipinski definition) is 12. The molecule has 16 heteroatoms. The summed E-state index contributed by atoms with van der Waals surface area (Å²) in [6.45, 7) is 9.67. The lowest BCUT2D eigenvalue weighted by Crippen LogP contribution is -2.66. The van der Waals surface area contributed by atoms with Crippen molar-refractivity contribution in [1.82, 2.24) is 49.8 Å². The van der Waals surface area contributed by atoms with Crippen LogP contribution in [0.3, 0.4) is 0 Å². The average molecular weight is 587 g/mol. The molecule has 4 fully saturated rings. The van der Waals surface area contributed by atoms with Crippen LogP contribution in [-0.4, -0.2) is 193 Å². The molecule has 0 aromatic rings. The van der Waals surface area contributed by atoms with Crippen molar-refractivity contribution < 1.29 is 19.2 Å². The Bertz CT molecular complexity index is 1100. The molecule has 230 valence electrons. The Labute approximate surface area is 245 Å². The standard InChI is InChI=1S/C26H42N12O4/c1-16(14-37-17-19(33(4)25(41)29-21(17)39)27-23(37)35-10-6-31(2)7-11-35)15-38-18-20(34(5)26(42)30-22(18)40)28-24(38)36-12-8-32(3)9-13-36/h16-20H,6-15H2,1-5H3,(H,29,39,41)(H,30,40,42). The number of nitrogens with zero attached hydrogens (tertiary/aromatic N) is 10. The van der Waals surface area contributed by atoms with Crippen molar-refractivity contribution in [1.29, 1.82) is 0 Å². The van der Waals surface area contributed by atoms with Gasteiger partial charge in [0.1, 0.15) is 0 Å². The Morgan fingerprint density at radius 1 is 0.643 bits per heavy atom. The maximum atomic E-state index is 13.2. The molecule has 0 saturated carbocycles. The molecule has 0 spiro atoms. The molecule has 0 aliphatic carbocycles. The number of nitrogens with one attached hydrogen (secondary N) is 2. The highest BCUT2D eigenvalue weighted by molar-refractivity contribution is 6.04. The maximum absolute atomic E-state index is 13.2. The van der Waals surface area contributed by atoms with E-state index in [4.69, 9.17) is 9.98 Å². The molecule has 4 atom stereocenters. The molecule has 0 aromatic carbocycles. The van der Waals surface area contributed by atoms with Crippen LogP contribution >= 0.6 is 0 Å². The van der Waals surface area contributed by atoms with Gasteiger partial charge in [-0.05, 0) is 20.0 Å². The predicted octanol–water partition coefficient (Wildman–Crippen LogP) is -2.79. The third-order valence-electron chi connectivity index (χ3n) is 9.27. The minimum absolute atomic E-state index is 0.0238. The molecular formula is C26H42N12O4. The molecule has 6 amide bonds. The lowest BCUT2D eigenvalue weighted by Gasteiger charge is -2.42. The zero-order valence-electron chi connectivity index (χ0n) is 25.1. The number of piperazine rings is 2. The topological polar surface area (TPSA) is 143 Å². The maximum Gasteiger partial charge on any atom is 0.325 e. The van der Waals surface area contributed by atoms with E-state index in [-0.39, 0.29) is 17.7 Å². The van der Waals surface area contributed by atoms with E-state index in [0.717, 1.165) is 64.3 Å². The van der Waals surface area contributed by atoms with E-state index in [1.54, 1.807) is 14.1 Å². The summed E-state index contributed by atoms with van der Waals surface area (Å²) in [6, 6.07) is -2.17. The van der Waals surface area contributed by atoms with Crippen LogP contribution in [-0.2, 0) is 9.59 Å². The van der Waals surface area contributed by atoms with Crippen LogP contribution in [0.5, 0.6) is 0 Å². The summed E-state index contributed by atoms with van der Waals surface area (Å²) in [5.74, 6) is 0.736. The number of aliphatic imine (C=N–C) groups is 2. The lowest BCUT2D eigenvalue weighted by atomic mass is 10.0. The highest BCUT2D eigenvalue weighted by Gasteiger charge is 2.52. The van der Waals surface area contributed by atoms with E-state index in [2.05, 4.69) is 51.3 Å². The van der Waals surface area contributed by atoms with Crippen LogP contribution in [0.4, 0.5) is 9.59 Å². The Morgan fingerprint density at radius 3 is 1.36 bits per heavy atom. The quantitative estimate of drug-likeness (QED) is 0.355. The highest BCUT2D eigenvalue weighted by Crippen LogP contribution is 2.30. The molecule has 4 saturated heterocycles. The normalized spacial score (nSPS) is 31.6. The van der Waals surface area contributed by atoms with Crippen molar-refractivity contribution in [2.75, 3.05) is 93.6 Å². The zero-order chi connectivity index (χ0) is 29.9. The zero-order valence-corrected chi connectivity index (χ0v) is 25.1. The first kappa shape index (κ1) is 28.5. The minimum Gasteiger partial charge on any atom is -0.340 e. The fourth-order valence-electron chi connectivity index (χ4n) is 6.68. The highest BCUT2D eigenvalue weighted by atomic mass is 16.2. The number of rotatable bonds is 4. The Hall–Kier alpha value is -3.66. The number of hydrogen-bond donors (Lipinski definition) is 2. The molecule has 16 nitrogen and oxygen atoms in total. The van der Waals surface area contributed by atoms with Gasteiger partial charge in [-0.3, -0.25) is 20.2 Å². The molecular weight excluding hydrogens is 544 g/mol. The molecule has 6 heterocycles. The first-order valence-electron chi connectivity index (χ1n) is 14.7. The van der Waals surface area contributed by atoms with Crippen LogP contribution in [0.2, 0.25) is 0 Å². The van der Waals surface area contributed by atoms with Crippen LogP contribution in [0.25, 0.3) is 0 Å². The first-order valence-corrected chi connectivity index (χ1v) is 14.7. The lowest BCUT2D eigenvalue weighted by molar-refractivity contribution is -0.127. The SMILES string of the molecule is CC(CN1C(N2CCN(C)CC2)=NC2C1C(=O)NC(=O)N2C)CN1C(N2CCN(C)CC2)=NC2C1C(=O)NC(=O)N2C. The van der Waals surface area contributed by atoms with Crippen molar-refractivity contribution in [2.45, 2.75) is 31.3 Å². The summed E-state index contributed by atoms with van der Waals surface area (Å²) in [4.78, 5) is 77.1. The number of carbonyl (C=O) groups excluding carboxylic acids is 4. The summed E-state index contributed by atoms with van der Waals surface area (Å²) in [6.07, 6.45) is -1.20. The molecule has 0 aromatic heterocycles. The van der Waals surface area contributed by atoms with Gasteiger partial charge in [-0.25, -0.2) is 19.6 Å². The van der Waals surface area contributed by atoms with Gasteiger partial charge in [0.15, 0.2) is 36.3 Å². The van der Waals surface area contributed by atoms with Crippen molar-refractivity contribution >= 4 is 35.8 Å². The third-order valence-corrected chi connectivity index (χ3v) is 9.27. The number of fused-ring (bicyclic) bond motifs is 2. The number of likely N-dealkylation sites (N-methyl/N-ethyl adjacent to an activating group) is 4. The summed E-state index contributed by atoms with van der Waals surface area (Å²) in [5, 5.41) is 4.98. The van der Waals surface area contributed by atoms with Gasteiger partial charge >= 0.3 is 12.1 Å². The Kier molecular flexibility index (Phi) is 7.37. The van der Waals surface area contributed by atoms with E-state index in [0.29, 0.717) is 13.1 Å². The molecule has 0 radical (unpaired) electrons. The Balaban J connectivity index is 1.25. The second-order valence-corrected chi connectivity index (χ2v) is 12.4. The van der Waals surface area contributed by atoms with Crippen molar-refractivity contribution in [3.63, 3.8) is 0 Å². The van der Waals surface area contributed by atoms with E-state index < -0.39 is 36.5 Å². The van der Waals surface area contributed by atoms with E-state index in [1.807, 2.05) is 9.80 Å². The van der Waals surface area contributed by atoms with Gasteiger partial charge in [0.05, 0.1) is 0 Å². The van der Waals surface area contributed by atoms with Gasteiger partial charge in [-0.1, -0.05) is 6.92 Å². The molecule has 0 bridgehead atoms. The van der Waals surface area contributed by atoms with E-state index in [1.165, 1.54) is 9.80 Å². The first-order chi connectivity index (χ1) is 20.0. The summed E-state index contributed by atoms with van der Waals surface area (Å²) in [7, 11) is 7.51. The molecule has 6 aliphatic rings. The molecule has 42 heavy (non-hydrogen) atoms. The van der Waals surface area contributed by atoms with Crippen molar-refractivity contribution in [3.8, 4) is 0 Å². The van der Waals surface area contributed by atoms with Gasteiger partial charge in [-0.15, -0.1) is 0 Å². The summed E-state index contributed by atoms with van der Waals surface area (Å²) >= 11 is 0. The fourth-order valence-corrected chi connectivity index (χ4v) is 6.68. The fraction of sp³-hybridized carbons (Fsp3) is 0.769. The van der Waals surface area contributed by atoms with Gasteiger partial charge in [0.2, 0.25) is 0 Å². The Morgan fingerprint density at radius 2 is 1.00 bits per heavy atom. The van der Waals surface area contributed by atoms with Gasteiger partial charge in [0.25, 0.3) is 11.8 Å². The number of imide groups is 2. The van der Waals surface area contributed by atoms with Crippen LogP contribution in [0, 0.1) is 5.92 Å². The van der Waals surface area contributed by atoms with E-state index >= 15 is 0 Å². The van der Waals surface area contributed by atoms with Crippen molar-refractivity contribution in [3.05, 3.63) is 0 Å². The number of guanidine groups is 2. The number of urea groups is 2. The third kappa shape index (κ3) is 4.89. The van der Waals surface area contributed by atoms with Crippen LogP contribution in [0.1, 0.15) is 6.92 Å². The predicted molar refractivity (Wildman–Crippen MR) is 153 cm³/mol. The summed E-state index contributed by atoms with van der Waals surface area (Å²) < 4.78 is 0. The van der Waals surface area contributed by atoms with Gasteiger partial charge < -0.3 is 39.2 Å². The minimum atomic E-state index is -0.636. The second kappa shape index (κ2) is 10.9. The van der Waals surface area contributed by atoms with E-state index in [9.17, 15) is 19.2 Å². The molecule has 6 rings (SSSR count). The molecule has 6 aliphatic heterocycles. The molecule has 2 N–H and O–H groups in total. The molecule has 4 unspecified atom stereocenters. The largest absolute Gasteiger partial charge is 0.340 e. The second-order valence-electron chi connectivity index (χ2n) is 12.4.